The van der Waals surface area contributed by atoms with Crippen LogP contribution >= 0.6 is 11.3 Å². The highest BCUT2D eigenvalue weighted by Gasteiger charge is 2.12. The second-order valence-corrected chi connectivity index (χ2v) is 6.67. The minimum absolute atomic E-state index is 0.502. The van der Waals surface area contributed by atoms with Crippen molar-refractivity contribution in [3.05, 3.63) is 51.7 Å². The van der Waals surface area contributed by atoms with E-state index in [-0.39, 0.29) is 0 Å². The molecular weight excluding hydrogens is 276 g/mol. The molecule has 2 aromatic rings. The first-order valence-electron chi connectivity index (χ1n) is 7.67. The molecule has 2 rings (SSSR count). The summed E-state index contributed by atoms with van der Waals surface area (Å²) in [5.74, 6) is 0. The zero-order valence-corrected chi connectivity index (χ0v) is 14.3. The summed E-state index contributed by atoms with van der Waals surface area (Å²) in [5.41, 5.74) is 4.06. The molecular formula is C18H26N2S. The van der Waals surface area contributed by atoms with Gasteiger partial charge in [0.15, 0.2) is 0 Å². The molecule has 0 aliphatic carbocycles. The number of hydrogen-bond donors (Lipinski definition) is 1. The summed E-state index contributed by atoms with van der Waals surface area (Å²) in [4.78, 5) is 3.83. The van der Waals surface area contributed by atoms with E-state index in [0.29, 0.717) is 6.04 Å². The van der Waals surface area contributed by atoms with E-state index >= 15 is 0 Å². The molecule has 0 radical (unpaired) electrons. The Kier molecular flexibility index (Phi) is 5.83. The lowest BCUT2D eigenvalue weighted by molar-refractivity contribution is 0.687. The molecule has 1 heterocycles. The number of nitrogens with zero attached hydrogens (tertiary/aromatic N) is 1. The monoisotopic (exact) mass is 302 g/mol. The average molecular weight is 302 g/mol. The van der Waals surface area contributed by atoms with Crippen LogP contribution in [0.1, 0.15) is 29.9 Å². The molecule has 3 heteroatoms. The maximum Gasteiger partial charge on any atom is 0.0368 e. The molecule has 1 aromatic carbocycles. The van der Waals surface area contributed by atoms with Gasteiger partial charge in [-0.1, -0.05) is 19.1 Å². The first kappa shape index (κ1) is 16.1. The number of aryl methyl sites for hydroxylation is 1. The second kappa shape index (κ2) is 7.62. The fourth-order valence-electron chi connectivity index (χ4n) is 2.47. The van der Waals surface area contributed by atoms with Crippen molar-refractivity contribution in [3.63, 3.8) is 0 Å². The molecule has 1 N–H and O–H groups in total. The molecule has 1 aromatic heterocycles. The molecule has 0 spiro atoms. The predicted octanol–water partition coefficient (Wildman–Crippen LogP) is 4.23. The molecule has 0 aliphatic heterocycles. The first-order valence-corrected chi connectivity index (χ1v) is 8.55. The Hall–Kier alpha value is -1.32. The summed E-state index contributed by atoms with van der Waals surface area (Å²) in [7, 11) is 2.19. The average Bonchev–Trinajstić information content (AvgIpc) is 2.98. The van der Waals surface area contributed by atoms with E-state index in [9.17, 15) is 0 Å². The number of anilines is 1. The van der Waals surface area contributed by atoms with Gasteiger partial charge in [0.05, 0.1) is 0 Å². The Labute approximate surface area is 132 Å². The molecule has 0 fully saturated rings. The minimum atomic E-state index is 0.502. The molecule has 0 bridgehead atoms. The van der Waals surface area contributed by atoms with E-state index in [1.165, 1.54) is 21.7 Å². The van der Waals surface area contributed by atoms with Crippen LogP contribution in [0.25, 0.3) is 0 Å². The summed E-state index contributed by atoms with van der Waals surface area (Å²) in [6.45, 7) is 8.61. The molecule has 21 heavy (non-hydrogen) atoms. The van der Waals surface area contributed by atoms with E-state index < -0.39 is 0 Å². The van der Waals surface area contributed by atoms with Crippen molar-refractivity contribution in [1.29, 1.82) is 0 Å². The zero-order chi connectivity index (χ0) is 15.2. The molecule has 0 saturated heterocycles. The van der Waals surface area contributed by atoms with Crippen molar-refractivity contribution in [2.24, 2.45) is 0 Å². The Balaban J connectivity index is 2.04. The van der Waals surface area contributed by atoms with Crippen molar-refractivity contribution in [2.75, 3.05) is 18.5 Å². The summed E-state index contributed by atoms with van der Waals surface area (Å²) >= 11 is 1.84. The fourth-order valence-corrected chi connectivity index (χ4v) is 3.30. The maximum atomic E-state index is 3.39. The lowest BCUT2D eigenvalue weighted by Crippen LogP contribution is -2.30. The van der Waals surface area contributed by atoms with Crippen molar-refractivity contribution in [1.82, 2.24) is 5.32 Å². The van der Waals surface area contributed by atoms with Crippen molar-refractivity contribution >= 4 is 17.0 Å². The van der Waals surface area contributed by atoms with Gasteiger partial charge in [-0.25, -0.2) is 0 Å². The van der Waals surface area contributed by atoms with Gasteiger partial charge in [0.2, 0.25) is 0 Å². The van der Waals surface area contributed by atoms with Crippen LogP contribution in [0.2, 0.25) is 0 Å². The van der Waals surface area contributed by atoms with Gasteiger partial charge in [0.1, 0.15) is 0 Å². The number of benzene rings is 1. The van der Waals surface area contributed by atoms with Gasteiger partial charge in [-0.15, -0.1) is 11.3 Å². The van der Waals surface area contributed by atoms with Crippen LogP contribution in [0, 0.1) is 6.92 Å². The maximum absolute atomic E-state index is 3.39. The molecule has 114 valence electrons. The first-order chi connectivity index (χ1) is 10.1. The van der Waals surface area contributed by atoms with E-state index in [2.05, 4.69) is 73.7 Å². The summed E-state index contributed by atoms with van der Waals surface area (Å²) in [6, 6.07) is 11.7. The minimum Gasteiger partial charge on any atom is -0.372 e. The largest absolute Gasteiger partial charge is 0.372 e. The molecule has 1 atom stereocenters. The smallest absolute Gasteiger partial charge is 0.0368 e. The highest BCUT2D eigenvalue weighted by atomic mass is 32.1. The van der Waals surface area contributed by atoms with Gasteiger partial charge < -0.3 is 10.2 Å². The summed E-state index contributed by atoms with van der Waals surface area (Å²) < 4.78 is 0. The Morgan fingerprint density at radius 3 is 2.71 bits per heavy atom. The zero-order valence-electron chi connectivity index (χ0n) is 13.5. The lowest BCUT2D eigenvalue weighted by Gasteiger charge is -2.27. The van der Waals surface area contributed by atoms with Gasteiger partial charge in [0, 0.05) is 36.6 Å². The van der Waals surface area contributed by atoms with Crippen LogP contribution in [-0.4, -0.2) is 19.6 Å². The number of thiophene rings is 1. The highest BCUT2D eigenvalue weighted by Crippen LogP contribution is 2.22. The molecule has 0 saturated carbocycles. The fraction of sp³-hybridized carbons (Fsp3) is 0.444. The van der Waals surface area contributed by atoms with Gasteiger partial charge in [-0.3, -0.25) is 0 Å². The number of rotatable bonds is 7. The van der Waals surface area contributed by atoms with E-state index in [4.69, 9.17) is 0 Å². The van der Waals surface area contributed by atoms with Crippen LogP contribution in [0.3, 0.4) is 0 Å². The summed E-state index contributed by atoms with van der Waals surface area (Å²) in [5, 5.41) is 5.55. The third kappa shape index (κ3) is 4.32. The van der Waals surface area contributed by atoms with E-state index in [0.717, 1.165) is 19.5 Å². The second-order valence-electron chi connectivity index (χ2n) is 5.63. The van der Waals surface area contributed by atoms with Crippen LogP contribution < -0.4 is 10.2 Å². The van der Waals surface area contributed by atoms with Gasteiger partial charge in [-0.2, -0.15) is 0 Å². The van der Waals surface area contributed by atoms with E-state index in [1.54, 1.807) is 0 Å². The third-order valence-electron chi connectivity index (χ3n) is 4.04. The number of hydrogen-bond acceptors (Lipinski definition) is 3. The van der Waals surface area contributed by atoms with Crippen LogP contribution in [-0.2, 0) is 13.0 Å². The quantitative estimate of drug-likeness (QED) is 0.823. The molecule has 0 amide bonds. The van der Waals surface area contributed by atoms with Crippen molar-refractivity contribution in [2.45, 2.75) is 39.8 Å². The number of nitrogens with one attached hydrogen (secondary N) is 1. The molecule has 2 nitrogen and oxygen atoms in total. The van der Waals surface area contributed by atoms with Gasteiger partial charge in [0.25, 0.3) is 0 Å². The van der Waals surface area contributed by atoms with Crippen LogP contribution in [0.4, 0.5) is 5.69 Å². The Bertz CT molecular complexity index is 548. The molecule has 0 aliphatic rings. The van der Waals surface area contributed by atoms with Crippen LogP contribution in [0.5, 0.6) is 0 Å². The third-order valence-corrected chi connectivity index (χ3v) is 4.94. The standard InChI is InChI=1S/C18H26N2S/c1-5-19-13-16-8-9-17(11-14(16)2)20(4)15(3)12-18-7-6-10-21-18/h6-11,15,19H,5,12-13H2,1-4H3. The summed E-state index contributed by atoms with van der Waals surface area (Å²) in [6.07, 6.45) is 1.10. The topological polar surface area (TPSA) is 15.3 Å². The molecule has 1 unspecified atom stereocenters. The van der Waals surface area contributed by atoms with E-state index in [1.807, 2.05) is 11.3 Å². The number of likely N-dealkylation sites (N-methyl/N-ethyl adjacent to an activating group) is 1. The highest BCUT2D eigenvalue weighted by molar-refractivity contribution is 7.09. The predicted molar refractivity (Wildman–Crippen MR) is 94.4 cm³/mol. The van der Waals surface area contributed by atoms with Gasteiger partial charge >= 0.3 is 0 Å². The Morgan fingerprint density at radius 2 is 2.10 bits per heavy atom. The normalized spacial score (nSPS) is 12.4. The lowest BCUT2D eigenvalue weighted by atomic mass is 10.1. The van der Waals surface area contributed by atoms with Crippen molar-refractivity contribution < 1.29 is 0 Å². The van der Waals surface area contributed by atoms with Crippen molar-refractivity contribution in [3.8, 4) is 0 Å². The Morgan fingerprint density at radius 1 is 1.29 bits per heavy atom. The SMILES string of the molecule is CCNCc1ccc(N(C)C(C)Cc2cccs2)cc1C. The van der Waals surface area contributed by atoms with Gasteiger partial charge in [-0.05, 0) is 55.1 Å². The van der Waals surface area contributed by atoms with Crippen LogP contribution in [0.15, 0.2) is 35.7 Å².